The molecule has 1 atom stereocenters. The predicted octanol–water partition coefficient (Wildman–Crippen LogP) is 4.05. The minimum Gasteiger partial charge on any atom is -0.487 e. The topological polar surface area (TPSA) is 84.5 Å². The molecule has 0 fully saturated rings. The Kier molecular flexibility index (Phi) is 5.34. The van der Waals surface area contributed by atoms with Crippen LogP contribution < -0.4 is 14.8 Å². The molecule has 0 aliphatic carbocycles. The number of fused-ring (bicyclic) bond motifs is 1. The first-order valence-electron chi connectivity index (χ1n) is 8.81. The second kappa shape index (κ2) is 7.29. The molecule has 8 heteroatoms. The SMILES string of the molecule is Cc1ccc2c(c1)OC(C)(C)C[C@H]2NC(=O)c1cc(NS(C)(=O)=O)ccc1Cl. The molecule has 0 unspecified atom stereocenters. The van der Waals surface area contributed by atoms with Gasteiger partial charge in [0.1, 0.15) is 11.4 Å². The van der Waals surface area contributed by atoms with Gasteiger partial charge >= 0.3 is 0 Å². The van der Waals surface area contributed by atoms with Crippen LogP contribution >= 0.6 is 11.6 Å². The number of carbonyl (C=O) groups excluding carboxylic acids is 1. The molecule has 2 aromatic carbocycles. The Labute approximate surface area is 170 Å². The summed E-state index contributed by atoms with van der Waals surface area (Å²) in [7, 11) is -3.46. The monoisotopic (exact) mass is 422 g/mol. The zero-order valence-corrected chi connectivity index (χ0v) is 17.7. The molecule has 1 aliphatic rings. The smallest absolute Gasteiger partial charge is 0.253 e. The third-order valence-electron chi connectivity index (χ3n) is 4.45. The second-order valence-corrected chi connectivity index (χ2v) is 9.86. The van der Waals surface area contributed by atoms with Gasteiger partial charge in [-0.1, -0.05) is 23.7 Å². The molecule has 0 radical (unpaired) electrons. The lowest BCUT2D eigenvalue weighted by Gasteiger charge is -2.38. The fourth-order valence-electron chi connectivity index (χ4n) is 3.30. The number of amides is 1. The molecule has 0 aromatic heterocycles. The van der Waals surface area contributed by atoms with E-state index in [4.69, 9.17) is 16.3 Å². The van der Waals surface area contributed by atoms with Crippen LogP contribution in [0.1, 0.15) is 47.8 Å². The number of ether oxygens (including phenoxy) is 1. The van der Waals surface area contributed by atoms with E-state index < -0.39 is 15.6 Å². The van der Waals surface area contributed by atoms with Gasteiger partial charge in [0.25, 0.3) is 5.91 Å². The predicted molar refractivity (Wildman–Crippen MR) is 111 cm³/mol. The van der Waals surface area contributed by atoms with Crippen LogP contribution in [0.25, 0.3) is 0 Å². The van der Waals surface area contributed by atoms with Crippen LogP contribution in [0.3, 0.4) is 0 Å². The molecule has 0 saturated heterocycles. The Morgan fingerprint density at radius 3 is 2.61 bits per heavy atom. The molecule has 2 N–H and O–H groups in total. The van der Waals surface area contributed by atoms with Crippen LogP contribution in [0.2, 0.25) is 5.02 Å². The summed E-state index contributed by atoms with van der Waals surface area (Å²) in [5, 5.41) is 3.26. The quantitative estimate of drug-likeness (QED) is 0.778. The maximum atomic E-state index is 12.9. The Bertz CT molecular complexity index is 1030. The van der Waals surface area contributed by atoms with Crippen LogP contribution in [-0.2, 0) is 10.0 Å². The number of aryl methyl sites for hydroxylation is 1. The van der Waals surface area contributed by atoms with Crippen molar-refractivity contribution in [3.05, 3.63) is 58.1 Å². The summed E-state index contributed by atoms with van der Waals surface area (Å²) in [5.41, 5.74) is 2.01. The van der Waals surface area contributed by atoms with Gasteiger partial charge in [0, 0.05) is 17.7 Å². The standard InChI is InChI=1S/C20H23ClN2O4S/c1-12-5-7-14-17(11-20(2,3)27-18(14)9-12)22-19(24)15-10-13(6-8-16(15)21)23-28(4,25)26/h5-10,17,23H,11H2,1-4H3,(H,22,24)/t17-/m1/s1. The molecule has 0 bridgehead atoms. The number of nitrogens with one attached hydrogen (secondary N) is 2. The van der Waals surface area contributed by atoms with Crippen molar-refractivity contribution in [2.24, 2.45) is 0 Å². The summed E-state index contributed by atoms with van der Waals surface area (Å²) in [6.07, 6.45) is 1.64. The van der Waals surface area contributed by atoms with Crippen LogP contribution in [0.4, 0.5) is 5.69 Å². The molecule has 3 rings (SSSR count). The first kappa shape index (κ1) is 20.5. The van der Waals surface area contributed by atoms with Crippen molar-refractivity contribution in [1.29, 1.82) is 0 Å². The minimum atomic E-state index is -3.46. The molecular formula is C20H23ClN2O4S. The van der Waals surface area contributed by atoms with E-state index in [1.165, 1.54) is 18.2 Å². The van der Waals surface area contributed by atoms with E-state index >= 15 is 0 Å². The Morgan fingerprint density at radius 1 is 1.21 bits per heavy atom. The van der Waals surface area contributed by atoms with Gasteiger partial charge in [0.2, 0.25) is 10.0 Å². The highest BCUT2D eigenvalue weighted by atomic mass is 35.5. The van der Waals surface area contributed by atoms with E-state index in [1.54, 1.807) is 0 Å². The average molecular weight is 423 g/mol. The molecule has 2 aromatic rings. The summed E-state index contributed by atoms with van der Waals surface area (Å²) < 4.78 is 31.3. The summed E-state index contributed by atoms with van der Waals surface area (Å²) in [6.45, 7) is 5.93. The zero-order chi connectivity index (χ0) is 20.7. The molecular weight excluding hydrogens is 400 g/mol. The minimum absolute atomic E-state index is 0.202. The lowest BCUT2D eigenvalue weighted by molar-refractivity contribution is 0.0619. The van der Waals surface area contributed by atoms with Crippen molar-refractivity contribution < 1.29 is 17.9 Å². The third kappa shape index (κ3) is 4.77. The first-order valence-corrected chi connectivity index (χ1v) is 11.1. The van der Waals surface area contributed by atoms with Gasteiger partial charge in [0.15, 0.2) is 0 Å². The fraction of sp³-hybridized carbons (Fsp3) is 0.350. The lowest BCUT2D eigenvalue weighted by Crippen LogP contribution is -2.41. The van der Waals surface area contributed by atoms with Crippen molar-refractivity contribution in [1.82, 2.24) is 5.32 Å². The first-order chi connectivity index (χ1) is 12.9. The average Bonchev–Trinajstić information content (AvgIpc) is 2.53. The Hall–Kier alpha value is -2.25. The molecule has 0 saturated carbocycles. The van der Waals surface area contributed by atoms with E-state index in [0.717, 1.165) is 23.1 Å². The molecule has 28 heavy (non-hydrogen) atoms. The van der Waals surface area contributed by atoms with E-state index in [-0.39, 0.29) is 28.2 Å². The molecule has 0 spiro atoms. The highest BCUT2D eigenvalue weighted by Crippen LogP contribution is 2.40. The van der Waals surface area contributed by atoms with Gasteiger partial charge in [-0.05, 0) is 50.6 Å². The van der Waals surface area contributed by atoms with Gasteiger partial charge in [-0.2, -0.15) is 0 Å². The van der Waals surface area contributed by atoms with E-state index in [9.17, 15) is 13.2 Å². The summed E-state index contributed by atoms with van der Waals surface area (Å²) in [6, 6.07) is 10.1. The van der Waals surface area contributed by atoms with Crippen molar-refractivity contribution in [2.75, 3.05) is 11.0 Å². The zero-order valence-electron chi connectivity index (χ0n) is 16.2. The number of benzene rings is 2. The van der Waals surface area contributed by atoms with Gasteiger partial charge in [-0.25, -0.2) is 8.42 Å². The lowest BCUT2D eigenvalue weighted by atomic mass is 9.89. The van der Waals surface area contributed by atoms with Gasteiger partial charge < -0.3 is 10.1 Å². The molecule has 1 amide bonds. The maximum Gasteiger partial charge on any atom is 0.253 e. The summed E-state index contributed by atoms with van der Waals surface area (Å²) >= 11 is 6.19. The van der Waals surface area contributed by atoms with Crippen molar-refractivity contribution in [3.8, 4) is 5.75 Å². The van der Waals surface area contributed by atoms with Crippen LogP contribution in [0, 0.1) is 6.92 Å². The van der Waals surface area contributed by atoms with Crippen molar-refractivity contribution >= 4 is 33.2 Å². The molecule has 6 nitrogen and oxygen atoms in total. The highest BCUT2D eigenvalue weighted by molar-refractivity contribution is 7.92. The van der Waals surface area contributed by atoms with Crippen LogP contribution in [-0.4, -0.2) is 26.2 Å². The van der Waals surface area contributed by atoms with Crippen molar-refractivity contribution in [3.63, 3.8) is 0 Å². The number of rotatable bonds is 4. The fourth-order valence-corrected chi connectivity index (χ4v) is 4.06. The number of hydrogen-bond donors (Lipinski definition) is 2. The summed E-state index contributed by atoms with van der Waals surface area (Å²) in [5.74, 6) is 0.372. The molecule has 1 aliphatic heterocycles. The van der Waals surface area contributed by atoms with Crippen molar-refractivity contribution in [2.45, 2.75) is 38.8 Å². The maximum absolute atomic E-state index is 12.9. The normalized spacial score (nSPS) is 18.0. The molecule has 150 valence electrons. The number of sulfonamides is 1. The number of hydrogen-bond acceptors (Lipinski definition) is 4. The molecule has 1 heterocycles. The van der Waals surface area contributed by atoms with E-state index in [1.807, 2.05) is 39.0 Å². The number of anilines is 1. The van der Waals surface area contributed by atoms with Gasteiger partial charge in [-0.15, -0.1) is 0 Å². The van der Waals surface area contributed by atoms with E-state index in [0.29, 0.717) is 6.42 Å². The highest BCUT2D eigenvalue weighted by Gasteiger charge is 2.35. The van der Waals surface area contributed by atoms with Crippen LogP contribution in [0.5, 0.6) is 5.75 Å². The number of carbonyl (C=O) groups is 1. The Morgan fingerprint density at radius 2 is 1.93 bits per heavy atom. The van der Waals surface area contributed by atoms with E-state index in [2.05, 4.69) is 10.0 Å². The second-order valence-electron chi connectivity index (χ2n) is 7.70. The Balaban J connectivity index is 1.90. The summed E-state index contributed by atoms with van der Waals surface area (Å²) in [4.78, 5) is 12.9. The van der Waals surface area contributed by atoms with Crippen LogP contribution in [0.15, 0.2) is 36.4 Å². The third-order valence-corrected chi connectivity index (χ3v) is 5.38. The largest absolute Gasteiger partial charge is 0.487 e. The number of halogens is 1. The van der Waals surface area contributed by atoms with Gasteiger partial charge in [-0.3, -0.25) is 9.52 Å². The van der Waals surface area contributed by atoms with Gasteiger partial charge in [0.05, 0.1) is 22.9 Å².